The summed E-state index contributed by atoms with van der Waals surface area (Å²) in [4.78, 5) is 0. The van der Waals surface area contributed by atoms with Crippen LogP contribution in [0.4, 0.5) is 5.13 Å². The van der Waals surface area contributed by atoms with Gasteiger partial charge in [0, 0.05) is 6.54 Å². The lowest BCUT2D eigenvalue weighted by atomic mass is 10.0. The lowest BCUT2D eigenvalue weighted by Gasteiger charge is -2.08. The second-order valence-electron chi connectivity index (χ2n) is 4.94. The maximum absolute atomic E-state index is 5.78. The second-order valence-corrected chi connectivity index (χ2v) is 6.01. The van der Waals surface area contributed by atoms with E-state index in [2.05, 4.69) is 48.4 Å². The summed E-state index contributed by atoms with van der Waals surface area (Å²) in [5.41, 5.74) is 1.28. The molecule has 0 spiro atoms. The third-order valence-electron chi connectivity index (χ3n) is 2.88. The average Bonchev–Trinajstić information content (AvgIpc) is 2.91. The van der Waals surface area contributed by atoms with Crippen LogP contribution in [0.5, 0.6) is 5.75 Å². The lowest BCUT2D eigenvalue weighted by Crippen LogP contribution is -1.98. The molecule has 1 aromatic heterocycles. The van der Waals surface area contributed by atoms with Gasteiger partial charge in [0.15, 0.2) is 5.01 Å². The molecule has 0 saturated carbocycles. The minimum absolute atomic E-state index is 0.465. The maximum Gasteiger partial charge on any atom is 0.205 e. The van der Waals surface area contributed by atoms with Gasteiger partial charge in [-0.25, -0.2) is 0 Å². The minimum Gasteiger partial charge on any atom is -0.486 e. The zero-order chi connectivity index (χ0) is 14.4. The smallest absolute Gasteiger partial charge is 0.205 e. The van der Waals surface area contributed by atoms with Crippen LogP contribution in [0.2, 0.25) is 0 Å². The van der Waals surface area contributed by atoms with Gasteiger partial charge in [0.2, 0.25) is 5.13 Å². The van der Waals surface area contributed by atoms with Crippen molar-refractivity contribution in [1.82, 2.24) is 10.2 Å². The van der Waals surface area contributed by atoms with Crippen molar-refractivity contribution in [2.24, 2.45) is 0 Å². The molecule has 0 unspecified atom stereocenters. The Morgan fingerprint density at radius 1 is 1.30 bits per heavy atom. The summed E-state index contributed by atoms with van der Waals surface area (Å²) in [7, 11) is 0. The Balaban J connectivity index is 1.91. The number of anilines is 1. The molecule has 0 radical (unpaired) electrons. The van der Waals surface area contributed by atoms with Gasteiger partial charge in [-0.2, -0.15) is 0 Å². The van der Waals surface area contributed by atoms with E-state index in [9.17, 15) is 0 Å². The Morgan fingerprint density at radius 2 is 2.15 bits per heavy atom. The molecule has 2 rings (SSSR count). The molecule has 0 amide bonds. The molecule has 108 valence electrons. The van der Waals surface area contributed by atoms with Crippen LogP contribution < -0.4 is 10.1 Å². The van der Waals surface area contributed by atoms with Crippen molar-refractivity contribution >= 4 is 16.5 Å². The van der Waals surface area contributed by atoms with E-state index < -0.39 is 0 Å². The highest BCUT2D eigenvalue weighted by Crippen LogP contribution is 2.22. The third-order valence-corrected chi connectivity index (χ3v) is 3.73. The number of benzene rings is 1. The van der Waals surface area contributed by atoms with Gasteiger partial charge in [-0.1, -0.05) is 44.2 Å². The Morgan fingerprint density at radius 3 is 2.90 bits per heavy atom. The molecule has 2 aromatic rings. The van der Waals surface area contributed by atoms with Crippen LogP contribution in [0.1, 0.15) is 43.7 Å². The van der Waals surface area contributed by atoms with Crippen molar-refractivity contribution in [2.45, 2.75) is 39.7 Å². The first-order valence-electron chi connectivity index (χ1n) is 6.98. The van der Waals surface area contributed by atoms with E-state index in [1.54, 1.807) is 11.3 Å². The molecule has 4 nitrogen and oxygen atoms in total. The number of nitrogens with one attached hydrogen (secondary N) is 1. The minimum atomic E-state index is 0.465. The van der Waals surface area contributed by atoms with Crippen molar-refractivity contribution in [2.75, 3.05) is 11.9 Å². The Bertz CT molecular complexity index is 539. The molecular formula is C15H21N3OS. The van der Waals surface area contributed by atoms with Gasteiger partial charge in [-0.3, -0.25) is 0 Å². The topological polar surface area (TPSA) is 47.0 Å². The van der Waals surface area contributed by atoms with Crippen molar-refractivity contribution in [3.8, 4) is 5.75 Å². The van der Waals surface area contributed by atoms with E-state index in [4.69, 9.17) is 4.74 Å². The van der Waals surface area contributed by atoms with E-state index in [0.717, 1.165) is 28.9 Å². The largest absolute Gasteiger partial charge is 0.486 e. The fourth-order valence-electron chi connectivity index (χ4n) is 1.72. The summed E-state index contributed by atoms with van der Waals surface area (Å²) < 4.78 is 5.78. The van der Waals surface area contributed by atoms with Gasteiger partial charge in [0.25, 0.3) is 0 Å². The fraction of sp³-hybridized carbons (Fsp3) is 0.467. The molecule has 1 N–H and O–H groups in total. The summed E-state index contributed by atoms with van der Waals surface area (Å²) in [6.07, 6.45) is 1.08. The normalized spacial score (nSPS) is 10.8. The van der Waals surface area contributed by atoms with Crippen molar-refractivity contribution in [1.29, 1.82) is 0 Å². The molecule has 0 bridgehead atoms. The van der Waals surface area contributed by atoms with Gasteiger partial charge in [-0.05, 0) is 30.0 Å². The summed E-state index contributed by atoms with van der Waals surface area (Å²) >= 11 is 1.54. The first-order valence-corrected chi connectivity index (χ1v) is 7.79. The predicted octanol–water partition coefficient (Wildman–Crippen LogP) is 4.06. The number of hydrogen-bond donors (Lipinski definition) is 1. The molecule has 1 aromatic carbocycles. The van der Waals surface area contributed by atoms with E-state index >= 15 is 0 Å². The summed E-state index contributed by atoms with van der Waals surface area (Å²) in [5.74, 6) is 1.39. The highest BCUT2D eigenvalue weighted by molar-refractivity contribution is 7.15. The zero-order valence-electron chi connectivity index (χ0n) is 12.2. The summed E-state index contributed by atoms with van der Waals surface area (Å²) in [5, 5.41) is 13.2. The Hall–Kier alpha value is -1.62. The van der Waals surface area contributed by atoms with E-state index in [1.165, 1.54) is 5.56 Å². The van der Waals surface area contributed by atoms with Crippen LogP contribution in [0.3, 0.4) is 0 Å². The fourth-order valence-corrected chi connectivity index (χ4v) is 2.40. The molecule has 0 aliphatic carbocycles. The molecule has 0 aliphatic heterocycles. The van der Waals surface area contributed by atoms with Crippen molar-refractivity contribution in [3.63, 3.8) is 0 Å². The Kier molecular flexibility index (Phi) is 5.35. The van der Waals surface area contributed by atoms with E-state index in [0.29, 0.717) is 12.5 Å². The highest BCUT2D eigenvalue weighted by atomic mass is 32.1. The van der Waals surface area contributed by atoms with Crippen molar-refractivity contribution in [3.05, 3.63) is 34.8 Å². The number of aromatic nitrogens is 2. The maximum atomic E-state index is 5.78. The van der Waals surface area contributed by atoms with Crippen LogP contribution >= 0.6 is 11.3 Å². The lowest BCUT2D eigenvalue weighted by molar-refractivity contribution is 0.304. The van der Waals surface area contributed by atoms with Gasteiger partial charge in [0.05, 0.1) is 0 Å². The molecule has 20 heavy (non-hydrogen) atoms. The monoisotopic (exact) mass is 291 g/mol. The Labute approximate surface area is 124 Å². The van der Waals surface area contributed by atoms with Gasteiger partial charge in [-0.15, -0.1) is 10.2 Å². The number of ether oxygens (including phenoxy) is 1. The summed E-state index contributed by atoms with van der Waals surface area (Å²) in [6, 6.07) is 8.21. The van der Waals surface area contributed by atoms with Gasteiger partial charge < -0.3 is 10.1 Å². The quantitative estimate of drug-likeness (QED) is 0.835. The molecule has 0 atom stereocenters. The number of hydrogen-bond acceptors (Lipinski definition) is 5. The highest BCUT2D eigenvalue weighted by Gasteiger charge is 2.05. The van der Waals surface area contributed by atoms with Crippen LogP contribution in [-0.2, 0) is 6.61 Å². The van der Waals surface area contributed by atoms with E-state index in [-0.39, 0.29) is 0 Å². The van der Waals surface area contributed by atoms with Crippen molar-refractivity contribution < 1.29 is 4.74 Å². The first kappa shape index (κ1) is 14.8. The van der Waals surface area contributed by atoms with Crippen LogP contribution in [0.15, 0.2) is 24.3 Å². The second kappa shape index (κ2) is 7.24. The molecule has 1 heterocycles. The number of nitrogens with zero attached hydrogens (tertiary/aromatic N) is 2. The SMILES string of the molecule is CCCNc1nnc(COc2cccc(C(C)C)c2)s1. The predicted molar refractivity (Wildman–Crippen MR) is 83.6 cm³/mol. The number of rotatable bonds is 7. The molecule has 5 heteroatoms. The van der Waals surface area contributed by atoms with Gasteiger partial charge >= 0.3 is 0 Å². The standard InChI is InChI=1S/C15H21N3OS/c1-4-8-16-15-18-17-14(20-15)10-19-13-7-5-6-12(9-13)11(2)3/h5-7,9,11H,4,8,10H2,1-3H3,(H,16,18). The van der Waals surface area contributed by atoms with Crippen LogP contribution in [0, 0.1) is 0 Å². The first-order chi connectivity index (χ1) is 9.69. The summed E-state index contributed by atoms with van der Waals surface area (Å²) in [6.45, 7) is 7.86. The molecule has 0 saturated heterocycles. The average molecular weight is 291 g/mol. The third kappa shape index (κ3) is 4.20. The van der Waals surface area contributed by atoms with Crippen LogP contribution in [-0.4, -0.2) is 16.7 Å². The van der Waals surface area contributed by atoms with Gasteiger partial charge in [0.1, 0.15) is 12.4 Å². The molecular weight excluding hydrogens is 270 g/mol. The molecule has 0 fully saturated rings. The molecule has 0 aliphatic rings. The van der Waals surface area contributed by atoms with Crippen LogP contribution in [0.25, 0.3) is 0 Å². The zero-order valence-corrected chi connectivity index (χ0v) is 13.0. The van der Waals surface area contributed by atoms with E-state index in [1.807, 2.05) is 12.1 Å².